The van der Waals surface area contributed by atoms with Crippen LogP contribution in [0.3, 0.4) is 0 Å². The molecule has 3 aromatic heterocycles. The number of thiophene rings is 1. The molecule has 0 radical (unpaired) electrons. The molecule has 0 saturated carbocycles. The van der Waals surface area contributed by atoms with Crippen LogP contribution in [-0.4, -0.2) is 25.6 Å². The minimum Gasteiger partial charge on any atom is -0.480 e. The smallest absolute Gasteiger partial charge is 0.326 e. The number of aromatic nitrogens is 3. The first kappa shape index (κ1) is 15.0. The van der Waals surface area contributed by atoms with Gasteiger partial charge in [0.2, 0.25) is 0 Å². The second kappa shape index (κ2) is 5.52. The van der Waals surface area contributed by atoms with Crippen LogP contribution in [-0.2, 0) is 17.6 Å². The fourth-order valence-electron chi connectivity index (χ4n) is 3.20. The third-order valence-corrected chi connectivity index (χ3v) is 5.60. The summed E-state index contributed by atoms with van der Waals surface area (Å²) in [5.74, 6) is -0.759. The number of rotatable bonds is 3. The molecule has 24 heavy (non-hydrogen) atoms. The van der Waals surface area contributed by atoms with Gasteiger partial charge in [-0.1, -0.05) is 6.07 Å². The van der Waals surface area contributed by atoms with Crippen LogP contribution in [0, 0.1) is 0 Å². The minimum absolute atomic E-state index is 0.282. The van der Waals surface area contributed by atoms with Gasteiger partial charge in [-0.05, 0) is 43.9 Å². The van der Waals surface area contributed by atoms with E-state index in [0.717, 1.165) is 24.8 Å². The molecule has 7 heteroatoms. The fourth-order valence-corrected chi connectivity index (χ4v) is 4.45. The summed E-state index contributed by atoms with van der Waals surface area (Å²) in [6, 6.07) is 4.29. The van der Waals surface area contributed by atoms with Gasteiger partial charge in [0.05, 0.1) is 5.39 Å². The average Bonchev–Trinajstić information content (AvgIpc) is 3.15. The number of carboxylic acid groups (broad SMARTS) is 1. The normalized spacial score (nSPS) is 14.7. The topological polar surface area (TPSA) is 85.1 Å². The third kappa shape index (κ3) is 2.16. The summed E-state index contributed by atoms with van der Waals surface area (Å²) >= 11 is 1.54. The predicted molar refractivity (Wildman–Crippen MR) is 91.5 cm³/mol. The maximum Gasteiger partial charge on any atom is 0.326 e. The molecule has 4 rings (SSSR count). The van der Waals surface area contributed by atoms with E-state index in [1.807, 2.05) is 0 Å². The molecular weight excluding hydrogens is 326 g/mol. The Hall–Kier alpha value is -2.54. The number of hydrogen-bond acceptors (Lipinski definition) is 5. The lowest BCUT2D eigenvalue weighted by Gasteiger charge is -2.15. The van der Waals surface area contributed by atoms with Gasteiger partial charge < -0.3 is 5.11 Å². The highest BCUT2D eigenvalue weighted by Gasteiger charge is 2.27. The van der Waals surface area contributed by atoms with Crippen molar-refractivity contribution in [1.29, 1.82) is 0 Å². The number of aliphatic carboxylic acids is 1. The Morgan fingerprint density at radius 2 is 2.21 bits per heavy atom. The molecule has 0 aromatic carbocycles. The molecular formula is C17H15N3O3S. The molecule has 0 saturated heterocycles. The summed E-state index contributed by atoms with van der Waals surface area (Å²) < 4.78 is 1.26. The summed E-state index contributed by atoms with van der Waals surface area (Å²) in [6.07, 6.45) is 4.46. The lowest BCUT2D eigenvalue weighted by atomic mass is 10.2. The van der Waals surface area contributed by atoms with E-state index in [0.29, 0.717) is 21.7 Å². The van der Waals surface area contributed by atoms with Crippen LogP contribution in [0.25, 0.3) is 21.7 Å². The van der Waals surface area contributed by atoms with Crippen molar-refractivity contribution in [3.05, 3.63) is 45.2 Å². The SMILES string of the molecule is CC(C(=O)O)n1c(-c2ccccn2)nc2sc3c(c2c1=O)CCC3. The van der Waals surface area contributed by atoms with Gasteiger partial charge in [0, 0.05) is 11.1 Å². The summed E-state index contributed by atoms with van der Waals surface area (Å²) in [5, 5.41) is 10.0. The van der Waals surface area contributed by atoms with Crippen LogP contribution in [0.2, 0.25) is 0 Å². The van der Waals surface area contributed by atoms with Gasteiger partial charge in [-0.2, -0.15) is 0 Å². The van der Waals surface area contributed by atoms with E-state index in [1.165, 1.54) is 27.7 Å². The molecule has 1 aliphatic rings. The predicted octanol–water partition coefficient (Wildman–Crippen LogP) is 2.65. The number of fused-ring (bicyclic) bond motifs is 3. The highest BCUT2D eigenvalue weighted by molar-refractivity contribution is 7.18. The first-order chi connectivity index (χ1) is 11.6. The second-order valence-electron chi connectivity index (χ2n) is 5.88. The molecule has 3 aromatic rings. The Kier molecular flexibility index (Phi) is 3.45. The number of nitrogens with zero attached hydrogens (tertiary/aromatic N) is 3. The molecule has 1 N–H and O–H groups in total. The Labute approximate surface area is 141 Å². The second-order valence-corrected chi connectivity index (χ2v) is 6.96. The van der Waals surface area contributed by atoms with E-state index in [2.05, 4.69) is 9.97 Å². The minimum atomic E-state index is -1.07. The van der Waals surface area contributed by atoms with Gasteiger partial charge in [0.15, 0.2) is 5.82 Å². The van der Waals surface area contributed by atoms with Crippen molar-refractivity contribution in [3.63, 3.8) is 0 Å². The van der Waals surface area contributed by atoms with Crippen molar-refractivity contribution in [2.45, 2.75) is 32.2 Å². The van der Waals surface area contributed by atoms with Crippen LogP contribution in [0.5, 0.6) is 0 Å². The van der Waals surface area contributed by atoms with Crippen molar-refractivity contribution in [1.82, 2.24) is 14.5 Å². The zero-order chi connectivity index (χ0) is 16.8. The zero-order valence-corrected chi connectivity index (χ0v) is 13.8. The maximum atomic E-state index is 13.1. The Morgan fingerprint density at radius 1 is 1.38 bits per heavy atom. The number of carbonyl (C=O) groups is 1. The summed E-state index contributed by atoms with van der Waals surface area (Å²) in [5.41, 5.74) is 1.26. The molecule has 0 bridgehead atoms. The highest BCUT2D eigenvalue weighted by Crippen LogP contribution is 2.35. The van der Waals surface area contributed by atoms with Gasteiger partial charge in [0.25, 0.3) is 5.56 Å². The Bertz CT molecular complexity index is 1010. The summed E-state index contributed by atoms with van der Waals surface area (Å²) in [4.78, 5) is 35.4. The molecule has 0 spiro atoms. The summed E-state index contributed by atoms with van der Waals surface area (Å²) in [7, 11) is 0. The van der Waals surface area contributed by atoms with E-state index in [-0.39, 0.29) is 5.56 Å². The van der Waals surface area contributed by atoms with Crippen molar-refractivity contribution < 1.29 is 9.90 Å². The van der Waals surface area contributed by atoms with Crippen molar-refractivity contribution in [2.24, 2.45) is 0 Å². The zero-order valence-electron chi connectivity index (χ0n) is 13.0. The van der Waals surface area contributed by atoms with Crippen LogP contribution in [0.4, 0.5) is 0 Å². The first-order valence-electron chi connectivity index (χ1n) is 7.79. The summed E-state index contributed by atoms with van der Waals surface area (Å²) in [6.45, 7) is 1.50. The average molecular weight is 341 g/mol. The Morgan fingerprint density at radius 3 is 2.92 bits per heavy atom. The lowest BCUT2D eigenvalue weighted by molar-refractivity contribution is -0.140. The standard InChI is InChI=1S/C17H15N3O3S/c1-9(17(22)23)20-14(11-6-2-3-8-18-11)19-15-13(16(20)21)10-5-4-7-12(10)24-15/h2-3,6,8-9H,4-5,7H2,1H3,(H,22,23). The fraction of sp³-hybridized carbons (Fsp3) is 0.294. The molecule has 6 nitrogen and oxygen atoms in total. The van der Waals surface area contributed by atoms with E-state index in [1.54, 1.807) is 24.4 Å². The van der Waals surface area contributed by atoms with Gasteiger partial charge in [-0.3, -0.25) is 14.3 Å². The van der Waals surface area contributed by atoms with E-state index < -0.39 is 12.0 Å². The van der Waals surface area contributed by atoms with Gasteiger partial charge in [-0.25, -0.2) is 9.78 Å². The molecule has 1 unspecified atom stereocenters. The van der Waals surface area contributed by atoms with Gasteiger partial charge in [0.1, 0.15) is 16.6 Å². The monoisotopic (exact) mass is 341 g/mol. The van der Waals surface area contributed by atoms with Crippen molar-refractivity contribution in [2.75, 3.05) is 0 Å². The first-order valence-corrected chi connectivity index (χ1v) is 8.60. The van der Waals surface area contributed by atoms with Gasteiger partial charge >= 0.3 is 5.97 Å². The molecule has 0 amide bonds. The number of hydrogen-bond donors (Lipinski definition) is 1. The molecule has 1 aliphatic carbocycles. The van der Waals surface area contributed by atoms with Crippen molar-refractivity contribution >= 4 is 27.5 Å². The number of carboxylic acids is 1. The van der Waals surface area contributed by atoms with Crippen LogP contribution in [0.15, 0.2) is 29.2 Å². The van der Waals surface area contributed by atoms with Crippen LogP contribution in [0.1, 0.15) is 29.8 Å². The molecule has 1 atom stereocenters. The lowest BCUT2D eigenvalue weighted by Crippen LogP contribution is -2.30. The van der Waals surface area contributed by atoms with Crippen LogP contribution < -0.4 is 5.56 Å². The molecule has 3 heterocycles. The van der Waals surface area contributed by atoms with E-state index in [9.17, 15) is 14.7 Å². The van der Waals surface area contributed by atoms with E-state index in [4.69, 9.17) is 0 Å². The molecule has 122 valence electrons. The van der Waals surface area contributed by atoms with Crippen molar-refractivity contribution in [3.8, 4) is 11.5 Å². The van der Waals surface area contributed by atoms with Gasteiger partial charge in [-0.15, -0.1) is 11.3 Å². The van der Waals surface area contributed by atoms with E-state index >= 15 is 0 Å². The molecule has 0 aliphatic heterocycles. The largest absolute Gasteiger partial charge is 0.480 e. The third-order valence-electron chi connectivity index (χ3n) is 4.41. The quantitative estimate of drug-likeness (QED) is 0.791. The molecule has 0 fully saturated rings. The Balaban J connectivity index is 2.09. The number of pyridine rings is 1. The highest BCUT2D eigenvalue weighted by atomic mass is 32.1. The van der Waals surface area contributed by atoms with Crippen LogP contribution >= 0.6 is 11.3 Å². The maximum absolute atomic E-state index is 13.1. The number of aryl methyl sites for hydroxylation is 2.